The SMILES string of the molecule is NCCC(c1ccccc1)C1C=CC=CC1. The zero-order chi connectivity index (χ0) is 11.2. The first-order valence-corrected chi connectivity index (χ1v) is 6.00. The molecule has 2 N–H and O–H groups in total. The van der Waals surface area contributed by atoms with Gasteiger partial charge in [-0.05, 0) is 36.8 Å². The Morgan fingerprint density at radius 1 is 1.19 bits per heavy atom. The molecule has 1 aromatic carbocycles. The summed E-state index contributed by atoms with van der Waals surface area (Å²) in [5.74, 6) is 1.17. The number of nitrogens with two attached hydrogens (primary N) is 1. The predicted octanol–water partition coefficient (Wildman–Crippen LogP) is 3.25. The molecule has 0 aromatic heterocycles. The van der Waals surface area contributed by atoms with Crippen molar-refractivity contribution in [3.05, 3.63) is 60.2 Å². The molecule has 0 bridgehead atoms. The molecule has 0 aliphatic heterocycles. The minimum atomic E-state index is 0.562. The fourth-order valence-corrected chi connectivity index (χ4v) is 2.41. The summed E-state index contributed by atoms with van der Waals surface area (Å²) in [6.45, 7) is 0.758. The number of rotatable bonds is 4. The molecule has 2 unspecified atom stereocenters. The van der Waals surface area contributed by atoms with Gasteiger partial charge in [-0.3, -0.25) is 0 Å². The first-order valence-electron chi connectivity index (χ1n) is 6.00. The van der Waals surface area contributed by atoms with E-state index in [9.17, 15) is 0 Å². The lowest BCUT2D eigenvalue weighted by atomic mass is 9.80. The van der Waals surface area contributed by atoms with Gasteiger partial charge in [0.1, 0.15) is 0 Å². The Hall–Kier alpha value is -1.34. The van der Waals surface area contributed by atoms with E-state index >= 15 is 0 Å². The maximum absolute atomic E-state index is 5.73. The van der Waals surface area contributed by atoms with E-state index in [-0.39, 0.29) is 0 Å². The Bertz CT molecular complexity index is 364. The van der Waals surface area contributed by atoms with Gasteiger partial charge in [0.05, 0.1) is 0 Å². The molecule has 1 aliphatic rings. The van der Waals surface area contributed by atoms with Crippen LogP contribution in [-0.4, -0.2) is 6.54 Å². The first-order chi connectivity index (χ1) is 7.92. The average Bonchev–Trinajstić information content (AvgIpc) is 2.38. The number of hydrogen-bond donors (Lipinski definition) is 1. The topological polar surface area (TPSA) is 26.0 Å². The van der Waals surface area contributed by atoms with Crippen molar-refractivity contribution in [1.82, 2.24) is 0 Å². The Kier molecular flexibility index (Phi) is 3.95. The van der Waals surface area contributed by atoms with Crippen molar-refractivity contribution in [3.8, 4) is 0 Å². The van der Waals surface area contributed by atoms with Crippen LogP contribution >= 0.6 is 0 Å². The van der Waals surface area contributed by atoms with E-state index in [1.165, 1.54) is 5.56 Å². The third-order valence-corrected chi connectivity index (χ3v) is 3.24. The molecule has 0 saturated carbocycles. The van der Waals surface area contributed by atoms with Crippen LogP contribution in [0.25, 0.3) is 0 Å². The van der Waals surface area contributed by atoms with E-state index in [1.54, 1.807) is 0 Å². The fraction of sp³-hybridized carbons (Fsp3) is 0.333. The molecular formula is C15H19N. The van der Waals surface area contributed by atoms with Gasteiger partial charge in [-0.2, -0.15) is 0 Å². The van der Waals surface area contributed by atoms with Gasteiger partial charge in [0.25, 0.3) is 0 Å². The second-order valence-electron chi connectivity index (χ2n) is 4.31. The Labute approximate surface area is 97.7 Å². The molecule has 1 aromatic rings. The summed E-state index contributed by atoms with van der Waals surface area (Å²) >= 11 is 0. The number of benzene rings is 1. The van der Waals surface area contributed by atoms with Gasteiger partial charge in [0.15, 0.2) is 0 Å². The summed E-state index contributed by atoms with van der Waals surface area (Å²) in [5.41, 5.74) is 7.15. The standard InChI is InChI=1S/C15H19N/c16-12-11-15(13-7-3-1-4-8-13)14-9-5-2-6-10-14/h1-9,14-15H,10-12,16H2. The highest BCUT2D eigenvalue weighted by atomic mass is 14.5. The molecular weight excluding hydrogens is 194 g/mol. The maximum atomic E-state index is 5.73. The summed E-state index contributed by atoms with van der Waals surface area (Å²) < 4.78 is 0. The third-order valence-electron chi connectivity index (χ3n) is 3.24. The molecule has 2 atom stereocenters. The molecule has 0 fully saturated rings. The smallest absolute Gasteiger partial charge is 0.00712 e. The van der Waals surface area contributed by atoms with Crippen LogP contribution in [0.1, 0.15) is 24.3 Å². The largest absolute Gasteiger partial charge is 0.330 e. The van der Waals surface area contributed by atoms with E-state index < -0.39 is 0 Å². The van der Waals surface area contributed by atoms with E-state index in [4.69, 9.17) is 5.73 Å². The van der Waals surface area contributed by atoms with Crippen LogP contribution < -0.4 is 5.73 Å². The molecule has 16 heavy (non-hydrogen) atoms. The first kappa shape index (κ1) is 11.2. The molecule has 1 heteroatoms. The van der Waals surface area contributed by atoms with Crippen LogP contribution in [0.2, 0.25) is 0 Å². The van der Waals surface area contributed by atoms with Crippen LogP contribution in [0, 0.1) is 5.92 Å². The van der Waals surface area contributed by atoms with Crippen LogP contribution in [0.3, 0.4) is 0 Å². The zero-order valence-electron chi connectivity index (χ0n) is 9.55. The van der Waals surface area contributed by atoms with Crippen LogP contribution in [-0.2, 0) is 0 Å². The quantitative estimate of drug-likeness (QED) is 0.816. The Balaban J connectivity index is 2.17. The number of hydrogen-bond acceptors (Lipinski definition) is 1. The van der Waals surface area contributed by atoms with Crippen LogP contribution in [0.5, 0.6) is 0 Å². The van der Waals surface area contributed by atoms with Gasteiger partial charge >= 0.3 is 0 Å². The summed E-state index contributed by atoms with van der Waals surface area (Å²) in [6.07, 6.45) is 11.0. The van der Waals surface area contributed by atoms with Gasteiger partial charge in [-0.15, -0.1) is 0 Å². The predicted molar refractivity (Wildman–Crippen MR) is 69.2 cm³/mol. The fourth-order valence-electron chi connectivity index (χ4n) is 2.41. The maximum Gasteiger partial charge on any atom is -0.00712 e. The van der Waals surface area contributed by atoms with Crippen LogP contribution in [0.4, 0.5) is 0 Å². The van der Waals surface area contributed by atoms with Crippen molar-refractivity contribution in [2.75, 3.05) is 6.54 Å². The molecule has 0 spiro atoms. The van der Waals surface area contributed by atoms with Crippen molar-refractivity contribution in [2.24, 2.45) is 11.7 Å². The lowest BCUT2D eigenvalue weighted by molar-refractivity contribution is 0.482. The molecule has 2 rings (SSSR count). The van der Waals surface area contributed by atoms with Crippen molar-refractivity contribution >= 4 is 0 Å². The molecule has 1 nitrogen and oxygen atoms in total. The summed E-state index contributed by atoms with van der Waals surface area (Å²) in [6, 6.07) is 10.7. The highest BCUT2D eigenvalue weighted by Crippen LogP contribution is 2.32. The molecule has 0 saturated heterocycles. The van der Waals surface area contributed by atoms with Gasteiger partial charge < -0.3 is 5.73 Å². The van der Waals surface area contributed by atoms with Crippen LogP contribution in [0.15, 0.2) is 54.6 Å². The molecule has 1 aliphatic carbocycles. The number of allylic oxidation sites excluding steroid dienone is 4. The van der Waals surface area contributed by atoms with Crippen molar-refractivity contribution < 1.29 is 0 Å². The normalized spacial score (nSPS) is 20.9. The zero-order valence-corrected chi connectivity index (χ0v) is 9.55. The lowest BCUT2D eigenvalue weighted by Gasteiger charge is -2.25. The third kappa shape index (κ3) is 2.61. The highest BCUT2D eigenvalue weighted by molar-refractivity contribution is 5.24. The summed E-state index contributed by atoms with van der Waals surface area (Å²) in [5, 5.41) is 0. The van der Waals surface area contributed by atoms with Crippen molar-refractivity contribution in [3.63, 3.8) is 0 Å². The van der Waals surface area contributed by atoms with E-state index in [0.29, 0.717) is 11.8 Å². The van der Waals surface area contributed by atoms with E-state index in [2.05, 4.69) is 54.6 Å². The Morgan fingerprint density at radius 3 is 2.62 bits per heavy atom. The van der Waals surface area contributed by atoms with Crippen molar-refractivity contribution in [1.29, 1.82) is 0 Å². The monoisotopic (exact) mass is 213 g/mol. The Morgan fingerprint density at radius 2 is 2.00 bits per heavy atom. The van der Waals surface area contributed by atoms with Gasteiger partial charge in [-0.25, -0.2) is 0 Å². The van der Waals surface area contributed by atoms with Crippen molar-refractivity contribution in [2.45, 2.75) is 18.8 Å². The lowest BCUT2D eigenvalue weighted by Crippen LogP contribution is -2.16. The van der Waals surface area contributed by atoms with Gasteiger partial charge in [-0.1, -0.05) is 54.6 Å². The average molecular weight is 213 g/mol. The minimum absolute atomic E-state index is 0.562. The summed E-state index contributed by atoms with van der Waals surface area (Å²) in [4.78, 5) is 0. The second-order valence-corrected chi connectivity index (χ2v) is 4.31. The molecule has 0 radical (unpaired) electrons. The minimum Gasteiger partial charge on any atom is -0.330 e. The van der Waals surface area contributed by atoms with E-state index in [0.717, 1.165) is 19.4 Å². The summed E-state index contributed by atoms with van der Waals surface area (Å²) in [7, 11) is 0. The molecule has 84 valence electrons. The van der Waals surface area contributed by atoms with Gasteiger partial charge in [0.2, 0.25) is 0 Å². The highest BCUT2D eigenvalue weighted by Gasteiger charge is 2.19. The second kappa shape index (κ2) is 5.66. The van der Waals surface area contributed by atoms with Gasteiger partial charge in [0, 0.05) is 0 Å². The molecule has 0 amide bonds. The van der Waals surface area contributed by atoms with E-state index in [1.807, 2.05) is 0 Å². The molecule has 0 heterocycles.